The number of halogens is 3. The van der Waals surface area contributed by atoms with Gasteiger partial charge in [-0.3, -0.25) is 9.59 Å². The number of benzene rings is 2. The van der Waals surface area contributed by atoms with Crippen LogP contribution in [-0.4, -0.2) is 49.4 Å². The fraction of sp³-hybridized carbons (Fsp3) is 0.333. The Hall–Kier alpha value is -2.67. The molecule has 0 atom stereocenters. The minimum atomic E-state index is -0.547. The first kappa shape index (κ1) is 21.0. The summed E-state index contributed by atoms with van der Waals surface area (Å²) in [6, 6.07) is 10.7. The minimum absolute atomic E-state index is 0.0159. The molecule has 1 N–H and O–H groups in total. The molecule has 0 aromatic heterocycles. The lowest BCUT2D eigenvalue weighted by Gasteiger charge is -2.36. The highest BCUT2D eigenvalue weighted by Gasteiger charge is 2.21. The number of hydrogen-bond donors (Lipinski definition) is 1. The van der Waals surface area contributed by atoms with Gasteiger partial charge in [0.05, 0.1) is 6.54 Å². The van der Waals surface area contributed by atoms with Gasteiger partial charge in [0, 0.05) is 43.3 Å². The van der Waals surface area contributed by atoms with Gasteiger partial charge in [0.1, 0.15) is 11.6 Å². The molecule has 154 valence electrons. The number of anilines is 1. The first-order chi connectivity index (χ1) is 13.9. The van der Waals surface area contributed by atoms with E-state index >= 15 is 0 Å². The Morgan fingerprint density at radius 1 is 1.00 bits per heavy atom. The molecule has 1 aliphatic heterocycles. The van der Waals surface area contributed by atoms with E-state index in [2.05, 4.69) is 10.2 Å². The molecule has 2 amide bonds. The normalized spacial score (nSPS) is 14.0. The van der Waals surface area contributed by atoms with E-state index in [1.165, 1.54) is 0 Å². The number of amides is 2. The third-order valence-electron chi connectivity index (χ3n) is 4.89. The van der Waals surface area contributed by atoms with Gasteiger partial charge in [0.2, 0.25) is 11.8 Å². The zero-order valence-corrected chi connectivity index (χ0v) is 16.6. The zero-order valence-electron chi connectivity index (χ0n) is 15.8. The highest BCUT2D eigenvalue weighted by atomic mass is 35.5. The average molecular weight is 422 g/mol. The van der Waals surface area contributed by atoms with Gasteiger partial charge in [-0.15, -0.1) is 0 Å². The Morgan fingerprint density at radius 2 is 1.69 bits per heavy atom. The van der Waals surface area contributed by atoms with Gasteiger partial charge in [0.25, 0.3) is 0 Å². The molecule has 1 heterocycles. The summed E-state index contributed by atoms with van der Waals surface area (Å²) in [4.78, 5) is 28.2. The van der Waals surface area contributed by atoms with E-state index in [1.807, 2.05) is 24.3 Å². The number of piperazine rings is 1. The molecule has 1 aliphatic rings. The number of hydrogen-bond acceptors (Lipinski definition) is 3. The first-order valence-electron chi connectivity index (χ1n) is 9.41. The van der Waals surface area contributed by atoms with Crippen LogP contribution in [0.1, 0.15) is 12.0 Å². The molecular weight excluding hydrogens is 400 g/mol. The van der Waals surface area contributed by atoms with Crippen molar-refractivity contribution in [1.82, 2.24) is 10.2 Å². The SMILES string of the molecule is O=C(CCc1cc(F)ccc1F)NCC(=O)N1CCN(c2ccc(Cl)cc2)CC1. The fourth-order valence-corrected chi connectivity index (χ4v) is 3.35. The minimum Gasteiger partial charge on any atom is -0.368 e. The summed E-state index contributed by atoms with van der Waals surface area (Å²) in [5, 5.41) is 3.24. The summed E-state index contributed by atoms with van der Waals surface area (Å²) in [6.45, 7) is 2.41. The van der Waals surface area contributed by atoms with Gasteiger partial charge in [0.15, 0.2) is 0 Å². The summed E-state index contributed by atoms with van der Waals surface area (Å²) in [5.74, 6) is -1.63. The van der Waals surface area contributed by atoms with Crippen LogP contribution in [0.15, 0.2) is 42.5 Å². The van der Waals surface area contributed by atoms with Crippen molar-refractivity contribution in [3.8, 4) is 0 Å². The molecule has 0 bridgehead atoms. The summed E-state index contributed by atoms with van der Waals surface area (Å²) in [5.41, 5.74) is 1.20. The third kappa shape index (κ3) is 5.90. The molecule has 3 rings (SSSR count). The van der Waals surface area contributed by atoms with E-state index in [0.29, 0.717) is 31.2 Å². The van der Waals surface area contributed by atoms with Crippen molar-refractivity contribution in [1.29, 1.82) is 0 Å². The van der Waals surface area contributed by atoms with E-state index in [9.17, 15) is 18.4 Å². The second kappa shape index (κ2) is 9.69. The van der Waals surface area contributed by atoms with E-state index < -0.39 is 11.6 Å². The maximum absolute atomic E-state index is 13.6. The average Bonchev–Trinajstić information content (AvgIpc) is 2.73. The maximum Gasteiger partial charge on any atom is 0.242 e. The Kier molecular flexibility index (Phi) is 7.04. The van der Waals surface area contributed by atoms with Crippen molar-refractivity contribution in [2.24, 2.45) is 0 Å². The van der Waals surface area contributed by atoms with Crippen molar-refractivity contribution in [2.75, 3.05) is 37.6 Å². The predicted octanol–water partition coefficient (Wildman–Crippen LogP) is 3.02. The number of rotatable bonds is 6. The van der Waals surface area contributed by atoms with Crippen molar-refractivity contribution in [3.05, 3.63) is 64.7 Å². The molecule has 1 fully saturated rings. The predicted molar refractivity (Wildman–Crippen MR) is 108 cm³/mol. The summed E-state index contributed by atoms with van der Waals surface area (Å²) < 4.78 is 26.7. The Labute approximate surface area is 173 Å². The number of nitrogens with zero attached hydrogens (tertiary/aromatic N) is 2. The first-order valence-corrected chi connectivity index (χ1v) is 9.79. The number of carbonyl (C=O) groups excluding carboxylic acids is 2. The van der Waals surface area contributed by atoms with Crippen LogP contribution in [0.5, 0.6) is 0 Å². The van der Waals surface area contributed by atoms with E-state index in [0.717, 1.165) is 23.9 Å². The molecule has 0 aliphatic carbocycles. The zero-order chi connectivity index (χ0) is 20.8. The van der Waals surface area contributed by atoms with Gasteiger partial charge >= 0.3 is 0 Å². The van der Waals surface area contributed by atoms with E-state index in [4.69, 9.17) is 11.6 Å². The number of nitrogens with one attached hydrogen (secondary N) is 1. The molecule has 0 unspecified atom stereocenters. The van der Waals surface area contributed by atoms with Crippen LogP contribution in [-0.2, 0) is 16.0 Å². The van der Waals surface area contributed by atoms with Crippen molar-refractivity contribution in [2.45, 2.75) is 12.8 Å². The van der Waals surface area contributed by atoms with E-state index in [1.54, 1.807) is 4.90 Å². The Bertz CT molecular complexity index is 869. The van der Waals surface area contributed by atoms with Crippen LogP contribution in [0.4, 0.5) is 14.5 Å². The standard InChI is InChI=1S/C21H22ClF2N3O2/c22-16-2-5-18(6-3-16)26-9-11-27(12-10-26)21(29)14-25-20(28)8-1-15-13-17(23)4-7-19(15)24/h2-7,13H,1,8-12,14H2,(H,25,28). The van der Waals surface area contributed by atoms with Gasteiger partial charge in [-0.25, -0.2) is 8.78 Å². The highest BCUT2D eigenvalue weighted by molar-refractivity contribution is 6.30. The summed E-state index contributed by atoms with van der Waals surface area (Å²) in [6.07, 6.45) is 0.0569. The van der Waals surface area contributed by atoms with Crippen molar-refractivity contribution < 1.29 is 18.4 Å². The van der Waals surface area contributed by atoms with Crippen LogP contribution in [0.2, 0.25) is 5.02 Å². The van der Waals surface area contributed by atoms with Crippen LogP contribution < -0.4 is 10.2 Å². The maximum atomic E-state index is 13.6. The largest absolute Gasteiger partial charge is 0.368 e. The fourth-order valence-electron chi connectivity index (χ4n) is 3.22. The van der Waals surface area contributed by atoms with Gasteiger partial charge in [-0.2, -0.15) is 0 Å². The molecule has 0 saturated carbocycles. The molecule has 1 saturated heterocycles. The number of aryl methyl sites for hydroxylation is 1. The van der Waals surface area contributed by atoms with Crippen molar-refractivity contribution >= 4 is 29.1 Å². The topological polar surface area (TPSA) is 52.7 Å². The second-order valence-electron chi connectivity index (χ2n) is 6.86. The molecular formula is C21H22ClF2N3O2. The second-order valence-corrected chi connectivity index (χ2v) is 7.29. The van der Waals surface area contributed by atoms with Crippen LogP contribution in [0.25, 0.3) is 0 Å². The lowest BCUT2D eigenvalue weighted by molar-refractivity contribution is -0.133. The summed E-state index contributed by atoms with van der Waals surface area (Å²) in [7, 11) is 0. The molecule has 8 heteroatoms. The molecule has 2 aromatic carbocycles. The summed E-state index contributed by atoms with van der Waals surface area (Å²) >= 11 is 5.91. The highest BCUT2D eigenvalue weighted by Crippen LogP contribution is 2.19. The van der Waals surface area contributed by atoms with Gasteiger partial charge < -0.3 is 15.1 Å². The molecule has 29 heavy (non-hydrogen) atoms. The van der Waals surface area contributed by atoms with Crippen LogP contribution in [0.3, 0.4) is 0 Å². The molecule has 5 nitrogen and oxygen atoms in total. The molecule has 0 radical (unpaired) electrons. The number of carbonyl (C=O) groups is 2. The quantitative estimate of drug-likeness (QED) is 0.780. The lowest BCUT2D eigenvalue weighted by atomic mass is 10.1. The lowest BCUT2D eigenvalue weighted by Crippen LogP contribution is -2.51. The van der Waals surface area contributed by atoms with Gasteiger partial charge in [-0.1, -0.05) is 11.6 Å². The molecule has 2 aromatic rings. The monoisotopic (exact) mass is 421 g/mol. The Balaban J connectivity index is 1.40. The van der Waals surface area contributed by atoms with Gasteiger partial charge in [-0.05, 0) is 54.4 Å². The molecule has 0 spiro atoms. The Morgan fingerprint density at radius 3 is 2.38 bits per heavy atom. The van der Waals surface area contributed by atoms with Crippen molar-refractivity contribution in [3.63, 3.8) is 0 Å². The van der Waals surface area contributed by atoms with Crippen LogP contribution in [0, 0.1) is 11.6 Å². The van der Waals surface area contributed by atoms with Crippen LogP contribution >= 0.6 is 11.6 Å². The smallest absolute Gasteiger partial charge is 0.242 e. The third-order valence-corrected chi connectivity index (χ3v) is 5.14. The van der Waals surface area contributed by atoms with E-state index in [-0.39, 0.29) is 36.8 Å².